The molecule has 0 saturated carbocycles. The van der Waals surface area contributed by atoms with Gasteiger partial charge in [0.15, 0.2) is 0 Å². The number of amides is 2. The Morgan fingerprint density at radius 1 is 1.24 bits per heavy atom. The smallest absolute Gasteiger partial charge is 0.242 e. The van der Waals surface area contributed by atoms with Crippen molar-refractivity contribution >= 4 is 11.8 Å². The van der Waals surface area contributed by atoms with E-state index in [4.69, 9.17) is 0 Å². The Bertz CT molecular complexity index is 596. The first kappa shape index (κ1) is 17.9. The zero-order valence-electron chi connectivity index (χ0n) is 14.9. The van der Waals surface area contributed by atoms with E-state index in [1.807, 2.05) is 4.90 Å². The highest BCUT2D eigenvalue weighted by atomic mass is 16.2. The highest BCUT2D eigenvalue weighted by Gasteiger charge is 2.29. The van der Waals surface area contributed by atoms with E-state index in [2.05, 4.69) is 47.1 Å². The normalized spacial score (nSPS) is 23.5. The van der Waals surface area contributed by atoms with Crippen LogP contribution >= 0.6 is 0 Å². The number of hydrogen-bond acceptors (Lipinski definition) is 4. The van der Waals surface area contributed by atoms with Gasteiger partial charge in [0.25, 0.3) is 0 Å². The summed E-state index contributed by atoms with van der Waals surface area (Å²) in [6.45, 7) is 5.27. The number of nitrogens with zero attached hydrogens (tertiary/aromatic N) is 1. The molecule has 2 unspecified atom stereocenters. The second-order valence-electron chi connectivity index (χ2n) is 6.77. The summed E-state index contributed by atoms with van der Waals surface area (Å²) in [6.07, 6.45) is 2.87. The fraction of sp³-hybridized carbons (Fsp3) is 0.579. The van der Waals surface area contributed by atoms with Gasteiger partial charge in [0.2, 0.25) is 11.8 Å². The number of hydrogen-bond donors (Lipinski definition) is 3. The molecule has 0 aromatic heterocycles. The van der Waals surface area contributed by atoms with Crippen molar-refractivity contribution in [3.8, 4) is 0 Å². The summed E-state index contributed by atoms with van der Waals surface area (Å²) in [7, 11) is 0. The van der Waals surface area contributed by atoms with E-state index in [0.717, 1.165) is 44.5 Å². The summed E-state index contributed by atoms with van der Waals surface area (Å²) in [6, 6.07) is 8.34. The molecular weight excluding hydrogens is 316 g/mol. The molecule has 2 fully saturated rings. The van der Waals surface area contributed by atoms with Crippen LogP contribution in [0.25, 0.3) is 0 Å². The number of carbonyl (C=O) groups is 2. The second kappa shape index (κ2) is 8.45. The van der Waals surface area contributed by atoms with E-state index in [0.29, 0.717) is 6.54 Å². The van der Waals surface area contributed by atoms with Crippen molar-refractivity contribution in [2.45, 2.75) is 38.3 Å². The molecule has 2 saturated heterocycles. The van der Waals surface area contributed by atoms with Gasteiger partial charge in [0, 0.05) is 19.6 Å². The Kier molecular flexibility index (Phi) is 6.04. The van der Waals surface area contributed by atoms with Crippen LogP contribution in [0.15, 0.2) is 24.3 Å². The zero-order valence-corrected chi connectivity index (χ0v) is 14.9. The van der Waals surface area contributed by atoms with Crippen LogP contribution < -0.4 is 16.0 Å². The zero-order chi connectivity index (χ0) is 17.6. The molecule has 2 aliphatic rings. The number of aryl methyl sites for hydroxylation is 1. The van der Waals surface area contributed by atoms with E-state index < -0.39 is 0 Å². The van der Waals surface area contributed by atoms with Crippen LogP contribution in [0.3, 0.4) is 0 Å². The molecule has 0 bridgehead atoms. The molecule has 2 atom stereocenters. The van der Waals surface area contributed by atoms with Crippen molar-refractivity contribution in [1.29, 1.82) is 0 Å². The summed E-state index contributed by atoms with van der Waals surface area (Å²) in [4.78, 5) is 26.7. The summed E-state index contributed by atoms with van der Waals surface area (Å²) < 4.78 is 0. The fourth-order valence-corrected chi connectivity index (χ4v) is 3.57. The van der Waals surface area contributed by atoms with Crippen molar-refractivity contribution in [2.75, 3.05) is 32.7 Å². The molecule has 2 amide bonds. The summed E-state index contributed by atoms with van der Waals surface area (Å²) >= 11 is 0. The van der Waals surface area contributed by atoms with E-state index in [1.165, 1.54) is 5.56 Å². The molecule has 6 nitrogen and oxygen atoms in total. The van der Waals surface area contributed by atoms with Gasteiger partial charge in [-0.2, -0.15) is 0 Å². The lowest BCUT2D eigenvalue weighted by Crippen LogP contribution is -2.52. The molecule has 1 aromatic carbocycles. The highest BCUT2D eigenvalue weighted by Crippen LogP contribution is 2.23. The van der Waals surface area contributed by atoms with E-state index in [-0.39, 0.29) is 30.4 Å². The SMILES string of the molecule is CCc1ccc(C2CNCCN2C(=O)CNC(=O)C2CCCN2)cc1. The van der Waals surface area contributed by atoms with Gasteiger partial charge in [-0.25, -0.2) is 0 Å². The van der Waals surface area contributed by atoms with Gasteiger partial charge in [-0.05, 0) is 36.9 Å². The molecule has 0 aliphatic carbocycles. The van der Waals surface area contributed by atoms with Gasteiger partial charge in [0.1, 0.15) is 0 Å². The van der Waals surface area contributed by atoms with Crippen LogP contribution in [0.4, 0.5) is 0 Å². The number of carbonyl (C=O) groups excluding carboxylic acids is 2. The standard InChI is InChI=1S/C19H28N4O2/c1-2-14-5-7-15(8-6-14)17-12-20-10-11-23(17)18(24)13-22-19(25)16-4-3-9-21-16/h5-8,16-17,20-21H,2-4,9-13H2,1H3,(H,22,25). The Balaban J connectivity index is 1.61. The van der Waals surface area contributed by atoms with Crippen LogP contribution in [0.2, 0.25) is 0 Å². The minimum Gasteiger partial charge on any atom is -0.346 e. The van der Waals surface area contributed by atoms with Crippen LogP contribution in [0, 0.1) is 0 Å². The third-order valence-electron chi connectivity index (χ3n) is 5.13. The molecule has 2 aliphatic heterocycles. The van der Waals surface area contributed by atoms with Crippen LogP contribution in [0.5, 0.6) is 0 Å². The summed E-state index contributed by atoms with van der Waals surface area (Å²) in [5, 5.41) is 9.32. The number of benzene rings is 1. The van der Waals surface area contributed by atoms with Gasteiger partial charge in [-0.1, -0.05) is 31.2 Å². The highest BCUT2D eigenvalue weighted by molar-refractivity contribution is 5.87. The lowest BCUT2D eigenvalue weighted by Gasteiger charge is -2.36. The van der Waals surface area contributed by atoms with Gasteiger partial charge >= 0.3 is 0 Å². The topological polar surface area (TPSA) is 73.5 Å². The van der Waals surface area contributed by atoms with Gasteiger partial charge in [-0.3, -0.25) is 9.59 Å². The van der Waals surface area contributed by atoms with Crippen molar-refractivity contribution in [3.05, 3.63) is 35.4 Å². The molecule has 6 heteroatoms. The van der Waals surface area contributed by atoms with E-state index in [1.54, 1.807) is 0 Å². The quantitative estimate of drug-likeness (QED) is 0.731. The molecule has 1 aromatic rings. The second-order valence-corrected chi connectivity index (χ2v) is 6.77. The predicted octanol–water partition coefficient (Wildman–Crippen LogP) is 0.590. The van der Waals surface area contributed by atoms with Gasteiger partial charge < -0.3 is 20.9 Å². The third kappa shape index (κ3) is 4.38. The van der Waals surface area contributed by atoms with E-state index >= 15 is 0 Å². The average Bonchev–Trinajstić information content (AvgIpc) is 3.21. The summed E-state index contributed by atoms with van der Waals surface area (Å²) in [5.41, 5.74) is 2.43. The number of rotatable bonds is 5. The molecule has 136 valence electrons. The van der Waals surface area contributed by atoms with Crippen molar-refractivity contribution in [1.82, 2.24) is 20.9 Å². The maximum absolute atomic E-state index is 12.7. The average molecular weight is 344 g/mol. The van der Waals surface area contributed by atoms with Crippen LogP contribution in [0.1, 0.15) is 36.9 Å². The van der Waals surface area contributed by atoms with Crippen molar-refractivity contribution in [3.63, 3.8) is 0 Å². The lowest BCUT2D eigenvalue weighted by atomic mass is 10.0. The first-order valence-electron chi connectivity index (χ1n) is 9.29. The Morgan fingerprint density at radius 3 is 2.72 bits per heavy atom. The monoisotopic (exact) mass is 344 g/mol. The maximum atomic E-state index is 12.7. The molecule has 3 rings (SSSR count). The predicted molar refractivity (Wildman–Crippen MR) is 97.2 cm³/mol. The van der Waals surface area contributed by atoms with Gasteiger partial charge in [-0.15, -0.1) is 0 Å². The molecule has 25 heavy (non-hydrogen) atoms. The van der Waals surface area contributed by atoms with E-state index in [9.17, 15) is 9.59 Å². The van der Waals surface area contributed by atoms with Crippen LogP contribution in [-0.2, 0) is 16.0 Å². The molecule has 0 spiro atoms. The lowest BCUT2D eigenvalue weighted by molar-refractivity contribution is -0.136. The number of nitrogens with one attached hydrogen (secondary N) is 3. The van der Waals surface area contributed by atoms with Crippen LogP contribution in [-0.4, -0.2) is 55.5 Å². The molecule has 3 N–H and O–H groups in total. The largest absolute Gasteiger partial charge is 0.346 e. The molecule has 2 heterocycles. The molecule has 0 radical (unpaired) electrons. The van der Waals surface area contributed by atoms with Crippen molar-refractivity contribution in [2.24, 2.45) is 0 Å². The van der Waals surface area contributed by atoms with Crippen molar-refractivity contribution < 1.29 is 9.59 Å². The first-order valence-corrected chi connectivity index (χ1v) is 9.29. The minimum atomic E-state index is -0.145. The fourth-order valence-electron chi connectivity index (χ4n) is 3.57. The molecular formula is C19H28N4O2. The maximum Gasteiger partial charge on any atom is 0.242 e. The summed E-state index contributed by atoms with van der Waals surface area (Å²) in [5.74, 6) is -0.0813. The third-order valence-corrected chi connectivity index (χ3v) is 5.13. The Morgan fingerprint density at radius 2 is 2.04 bits per heavy atom. The minimum absolute atomic E-state index is 0.0163. The Hall–Kier alpha value is -1.92. The van der Waals surface area contributed by atoms with Gasteiger partial charge in [0.05, 0.1) is 18.6 Å². The Labute approximate surface area is 149 Å². The number of piperazine rings is 1. The first-order chi connectivity index (χ1) is 12.2.